The molecule has 7 nitrogen and oxygen atoms in total. The van der Waals surface area contributed by atoms with Crippen LogP contribution in [0.3, 0.4) is 0 Å². The fourth-order valence-electron chi connectivity index (χ4n) is 3.60. The number of rotatable bonds is 7. The maximum atomic E-state index is 11.0. The van der Waals surface area contributed by atoms with Crippen LogP contribution in [0.15, 0.2) is 67.3 Å². The van der Waals surface area contributed by atoms with Crippen LogP contribution in [-0.4, -0.2) is 56.1 Å². The minimum atomic E-state index is -1.07. The third-order valence-electron chi connectivity index (χ3n) is 5.10. The third kappa shape index (κ3) is 4.50. The van der Waals surface area contributed by atoms with Crippen LogP contribution in [0.25, 0.3) is 0 Å². The van der Waals surface area contributed by atoms with Gasteiger partial charge in [-0.1, -0.05) is 36.4 Å². The Balaban J connectivity index is 1.50. The first kappa shape index (κ1) is 20.8. The molecule has 2 saturated heterocycles. The van der Waals surface area contributed by atoms with Crippen LogP contribution in [0.5, 0.6) is 11.5 Å². The molecule has 0 radical (unpaired) electrons. The van der Waals surface area contributed by atoms with Crippen molar-refractivity contribution in [1.82, 2.24) is 0 Å². The molecule has 2 heterocycles. The van der Waals surface area contributed by atoms with Gasteiger partial charge in [0.25, 0.3) is 0 Å². The number of hydrogen-bond acceptors (Lipinski definition) is 7. The molecule has 0 amide bonds. The van der Waals surface area contributed by atoms with Crippen molar-refractivity contribution in [3.05, 3.63) is 72.8 Å². The summed E-state index contributed by atoms with van der Waals surface area (Å²) in [5, 5.41) is 11.0. The van der Waals surface area contributed by atoms with Crippen LogP contribution >= 0.6 is 0 Å². The SMILES string of the molecule is C=CCO[C@@H]1[C@@H](O)[C@H](Oc2ccc(OC)cc2)O[C@@H]2CO[C@@H](c3ccccc3)O[C@H]12. The molecular formula is C23H26O7. The summed E-state index contributed by atoms with van der Waals surface area (Å²) in [6, 6.07) is 16.7. The van der Waals surface area contributed by atoms with Crippen LogP contribution < -0.4 is 9.47 Å². The second kappa shape index (κ2) is 9.59. The van der Waals surface area contributed by atoms with Gasteiger partial charge in [-0.15, -0.1) is 6.58 Å². The topological polar surface area (TPSA) is 75.6 Å². The summed E-state index contributed by atoms with van der Waals surface area (Å²) in [5.74, 6) is 1.25. The Morgan fingerprint density at radius 3 is 2.50 bits per heavy atom. The number of ether oxygens (including phenoxy) is 6. The predicted octanol–water partition coefficient (Wildman–Crippen LogP) is 2.85. The van der Waals surface area contributed by atoms with Gasteiger partial charge in [-0.2, -0.15) is 0 Å². The maximum Gasteiger partial charge on any atom is 0.229 e. The molecule has 0 aromatic heterocycles. The fraction of sp³-hybridized carbons (Fsp3) is 0.391. The third-order valence-corrected chi connectivity index (χ3v) is 5.10. The number of hydrogen-bond donors (Lipinski definition) is 1. The van der Waals surface area contributed by atoms with E-state index in [4.69, 9.17) is 28.4 Å². The van der Waals surface area contributed by atoms with Crippen molar-refractivity contribution in [3.63, 3.8) is 0 Å². The predicted molar refractivity (Wildman–Crippen MR) is 108 cm³/mol. The molecule has 0 aliphatic carbocycles. The summed E-state index contributed by atoms with van der Waals surface area (Å²) >= 11 is 0. The Bertz CT molecular complexity index is 810. The molecule has 1 N–H and O–H groups in total. The van der Waals surface area contributed by atoms with Gasteiger partial charge < -0.3 is 33.5 Å². The second-order valence-corrected chi connectivity index (χ2v) is 7.09. The molecule has 2 aliphatic heterocycles. The van der Waals surface area contributed by atoms with Crippen molar-refractivity contribution < 1.29 is 33.5 Å². The first-order valence-corrected chi connectivity index (χ1v) is 9.88. The van der Waals surface area contributed by atoms with E-state index in [9.17, 15) is 5.11 Å². The lowest BCUT2D eigenvalue weighted by molar-refractivity contribution is -0.354. The minimum Gasteiger partial charge on any atom is -0.497 e. The lowest BCUT2D eigenvalue weighted by Crippen LogP contribution is -2.63. The molecule has 7 heteroatoms. The van der Waals surface area contributed by atoms with E-state index in [1.54, 1.807) is 37.5 Å². The Morgan fingerprint density at radius 1 is 1.07 bits per heavy atom. The molecule has 0 bridgehead atoms. The zero-order chi connectivity index (χ0) is 20.9. The first-order valence-electron chi connectivity index (χ1n) is 9.88. The van der Waals surface area contributed by atoms with E-state index in [0.717, 1.165) is 5.56 Å². The number of benzene rings is 2. The van der Waals surface area contributed by atoms with Crippen molar-refractivity contribution in [2.24, 2.45) is 0 Å². The highest BCUT2D eigenvalue weighted by atomic mass is 16.8. The van der Waals surface area contributed by atoms with Crippen LogP contribution in [0.1, 0.15) is 11.9 Å². The largest absolute Gasteiger partial charge is 0.497 e. The van der Waals surface area contributed by atoms with Crippen molar-refractivity contribution in [2.45, 2.75) is 37.0 Å². The molecule has 2 aliphatic rings. The molecule has 2 aromatic carbocycles. The highest BCUT2D eigenvalue weighted by molar-refractivity contribution is 5.31. The average molecular weight is 414 g/mol. The molecule has 30 heavy (non-hydrogen) atoms. The van der Waals surface area contributed by atoms with E-state index in [0.29, 0.717) is 11.5 Å². The highest BCUT2D eigenvalue weighted by Crippen LogP contribution is 2.36. The van der Waals surface area contributed by atoms with Gasteiger partial charge in [0.2, 0.25) is 6.29 Å². The van der Waals surface area contributed by atoms with E-state index < -0.39 is 37.0 Å². The standard InChI is InChI=1S/C23H26O7/c1-3-13-26-21-19(24)23(28-17-11-9-16(25-2)10-12-17)29-18-14-27-22(30-20(18)21)15-7-5-4-6-8-15/h3-12,18-24H,1,13-14H2,2H3/t18-,19-,20+,21-,22-,23-/m1/s1. The summed E-state index contributed by atoms with van der Waals surface area (Å²) in [6.45, 7) is 4.24. The van der Waals surface area contributed by atoms with E-state index >= 15 is 0 Å². The Labute approximate surface area is 175 Å². The normalized spacial score (nSPS) is 30.9. The molecule has 160 valence electrons. The van der Waals surface area contributed by atoms with Gasteiger partial charge >= 0.3 is 0 Å². The van der Waals surface area contributed by atoms with E-state index in [1.165, 1.54) is 0 Å². The Hall–Kier alpha value is -2.42. The quantitative estimate of drug-likeness (QED) is 0.698. The van der Waals surface area contributed by atoms with Crippen molar-refractivity contribution in [1.29, 1.82) is 0 Å². The van der Waals surface area contributed by atoms with Crippen LogP contribution in [-0.2, 0) is 18.9 Å². The summed E-state index contributed by atoms with van der Waals surface area (Å²) in [4.78, 5) is 0. The summed E-state index contributed by atoms with van der Waals surface area (Å²) in [5.41, 5.74) is 0.893. The monoisotopic (exact) mass is 414 g/mol. The van der Waals surface area contributed by atoms with Gasteiger partial charge in [0.1, 0.15) is 35.9 Å². The van der Waals surface area contributed by atoms with E-state index in [1.807, 2.05) is 30.3 Å². The van der Waals surface area contributed by atoms with Crippen LogP contribution in [0.4, 0.5) is 0 Å². The molecule has 6 atom stereocenters. The molecule has 2 fully saturated rings. The Morgan fingerprint density at radius 2 is 1.80 bits per heavy atom. The van der Waals surface area contributed by atoms with Gasteiger partial charge in [-0.3, -0.25) is 0 Å². The van der Waals surface area contributed by atoms with Crippen molar-refractivity contribution >= 4 is 0 Å². The van der Waals surface area contributed by atoms with Crippen molar-refractivity contribution in [3.8, 4) is 11.5 Å². The van der Waals surface area contributed by atoms with Gasteiger partial charge in [0.05, 0.1) is 20.3 Å². The zero-order valence-electron chi connectivity index (χ0n) is 16.8. The zero-order valence-corrected chi connectivity index (χ0v) is 16.8. The fourth-order valence-corrected chi connectivity index (χ4v) is 3.60. The molecule has 0 saturated carbocycles. The number of fused-ring (bicyclic) bond motifs is 1. The smallest absolute Gasteiger partial charge is 0.229 e. The van der Waals surface area contributed by atoms with Crippen LogP contribution in [0, 0.1) is 0 Å². The van der Waals surface area contributed by atoms with Crippen molar-refractivity contribution in [2.75, 3.05) is 20.3 Å². The van der Waals surface area contributed by atoms with Gasteiger partial charge in [0, 0.05) is 5.56 Å². The molecule has 0 spiro atoms. The lowest BCUT2D eigenvalue weighted by atomic mass is 9.97. The van der Waals surface area contributed by atoms with E-state index in [2.05, 4.69) is 6.58 Å². The summed E-state index contributed by atoms with van der Waals surface area (Å²) in [7, 11) is 1.59. The first-order chi connectivity index (χ1) is 14.7. The number of aliphatic hydroxyl groups excluding tert-OH is 1. The number of aliphatic hydroxyl groups is 1. The average Bonchev–Trinajstić information content (AvgIpc) is 2.80. The summed E-state index contributed by atoms with van der Waals surface area (Å²) < 4.78 is 34.9. The summed E-state index contributed by atoms with van der Waals surface area (Å²) in [6.07, 6.45) is -2.57. The Kier molecular flexibility index (Phi) is 6.66. The van der Waals surface area contributed by atoms with Gasteiger partial charge in [-0.05, 0) is 24.3 Å². The molecular weight excluding hydrogens is 388 g/mol. The highest BCUT2D eigenvalue weighted by Gasteiger charge is 2.51. The lowest BCUT2D eigenvalue weighted by Gasteiger charge is -2.47. The molecule has 4 rings (SSSR count). The number of methoxy groups -OCH3 is 1. The minimum absolute atomic E-state index is 0.264. The van der Waals surface area contributed by atoms with E-state index in [-0.39, 0.29) is 13.2 Å². The molecule has 0 unspecified atom stereocenters. The maximum absolute atomic E-state index is 11.0. The van der Waals surface area contributed by atoms with Gasteiger partial charge in [-0.25, -0.2) is 0 Å². The molecule has 2 aromatic rings. The van der Waals surface area contributed by atoms with Gasteiger partial charge in [0.15, 0.2) is 6.29 Å². The van der Waals surface area contributed by atoms with Crippen LogP contribution in [0.2, 0.25) is 0 Å². The second-order valence-electron chi connectivity index (χ2n) is 7.09.